The van der Waals surface area contributed by atoms with Crippen LogP contribution >= 0.6 is 11.6 Å². The molecule has 0 radical (unpaired) electrons. The molecule has 0 spiro atoms. The normalized spacial score (nSPS) is 19.3. The fourth-order valence-electron chi connectivity index (χ4n) is 2.36. The lowest BCUT2D eigenvalue weighted by atomic mass is 9.94. The standard InChI is InChI=1S/C13H18ClFN2O/c14-10-7-11(15)12(16-8-10)17-9-13(18)5-3-1-2-4-6-13/h7-8,18H,1-6,9H2,(H,16,17). The smallest absolute Gasteiger partial charge is 0.166 e. The molecule has 1 aromatic rings. The Morgan fingerprint density at radius 3 is 2.61 bits per heavy atom. The zero-order chi connectivity index (χ0) is 13.0. The molecule has 0 atom stereocenters. The topological polar surface area (TPSA) is 45.1 Å². The summed E-state index contributed by atoms with van der Waals surface area (Å²) in [5, 5.41) is 13.6. The molecule has 0 bridgehead atoms. The number of anilines is 1. The Morgan fingerprint density at radius 1 is 1.33 bits per heavy atom. The van der Waals surface area contributed by atoms with Crippen LogP contribution in [0.4, 0.5) is 10.2 Å². The number of hydrogen-bond acceptors (Lipinski definition) is 3. The van der Waals surface area contributed by atoms with Crippen molar-refractivity contribution in [2.45, 2.75) is 44.1 Å². The van der Waals surface area contributed by atoms with Crippen molar-refractivity contribution in [3.8, 4) is 0 Å². The van der Waals surface area contributed by atoms with Crippen molar-refractivity contribution in [3.63, 3.8) is 0 Å². The van der Waals surface area contributed by atoms with Gasteiger partial charge in [0.05, 0.1) is 10.6 Å². The third-order valence-electron chi connectivity index (χ3n) is 3.43. The van der Waals surface area contributed by atoms with Gasteiger partial charge in [-0.05, 0) is 18.9 Å². The van der Waals surface area contributed by atoms with E-state index >= 15 is 0 Å². The summed E-state index contributed by atoms with van der Waals surface area (Å²) in [6.45, 7) is 0.332. The van der Waals surface area contributed by atoms with Gasteiger partial charge in [-0.15, -0.1) is 0 Å². The Balaban J connectivity index is 1.97. The van der Waals surface area contributed by atoms with Crippen LogP contribution in [0, 0.1) is 5.82 Å². The van der Waals surface area contributed by atoms with E-state index in [2.05, 4.69) is 10.3 Å². The SMILES string of the molecule is OC1(CNc2ncc(Cl)cc2F)CCCCCC1. The van der Waals surface area contributed by atoms with E-state index in [1.54, 1.807) is 0 Å². The van der Waals surface area contributed by atoms with Gasteiger partial charge in [0.2, 0.25) is 0 Å². The molecule has 0 amide bonds. The second-order valence-corrected chi connectivity index (χ2v) is 5.41. The Labute approximate surface area is 111 Å². The van der Waals surface area contributed by atoms with Gasteiger partial charge in [0.25, 0.3) is 0 Å². The van der Waals surface area contributed by atoms with Crippen molar-refractivity contribution < 1.29 is 9.50 Å². The number of rotatable bonds is 3. The van der Waals surface area contributed by atoms with Gasteiger partial charge in [0.1, 0.15) is 0 Å². The second-order valence-electron chi connectivity index (χ2n) is 4.98. The van der Waals surface area contributed by atoms with Crippen molar-refractivity contribution >= 4 is 17.4 Å². The molecule has 1 saturated carbocycles. The molecular formula is C13H18ClFN2O. The van der Waals surface area contributed by atoms with Gasteiger partial charge in [-0.25, -0.2) is 9.37 Å². The fraction of sp³-hybridized carbons (Fsp3) is 0.615. The molecule has 0 unspecified atom stereocenters. The maximum atomic E-state index is 13.5. The van der Waals surface area contributed by atoms with Crippen LogP contribution in [-0.4, -0.2) is 22.2 Å². The first-order valence-electron chi connectivity index (χ1n) is 6.36. The molecule has 100 valence electrons. The molecule has 5 heteroatoms. The predicted molar refractivity (Wildman–Crippen MR) is 70.3 cm³/mol. The zero-order valence-corrected chi connectivity index (χ0v) is 11.0. The first-order valence-corrected chi connectivity index (χ1v) is 6.74. The first kappa shape index (κ1) is 13.6. The molecular weight excluding hydrogens is 255 g/mol. The van der Waals surface area contributed by atoms with Gasteiger partial charge in [0.15, 0.2) is 11.6 Å². The van der Waals surface area contributed by atoms with Crippen molar-refractivity contribution in [1.29, 1.82) is 0 Å². The molecule has 1 aromatic heterocycles. The third kappa shape index (κ3) is 3.56. The zero-order valence-electron chi connectivity index (χ0n) is 10.3. The molecule has 0 aliphatic heterocycles. The second kappa shape index (κ2) is 5.85. The highest BCUT2D eigenvalue weighted by molar-refractivity contribution is 6.30. The van der Waals surface area contributed by atoms with Crippen molar-refractivity contribution in [3.05, 3.63) is 23.1 Å². The summed E-state index contributed by atoms with van der Waals surface area (Å²) in [6, 6.07) is 1.22. The minimum absolute atomic E-state index is 0.150. The molecule has 1 heterocycles. The van der Waals surface area contributed by atoms with E-state index in [0.29, 0.717) is 6.54 Å². The summed E-state index contributed by atoms with van der Waals surface area (Å²) in [6.07, 6.45) is 7.28. The molecule has 0 saturated heterocycles. The van der Waals surface area contributed by atoms with Gasteiger partial charge in [-0.2, -0.15) is 0 Å². The molecule has 2 N–H and O–H groups in total. The molecule has 1 aliphatic carbocycles. The Bertz CT molecular complexity index is 406. The summed E-state index contributed by atoms with van der Waals surface area (Å²) in [5.41, 5.74) is -0.746. The average Bonchev–Trinajstić information content (AvgIpc) is 2.54. The van der Waals surface area contributed by atoms with E-state index in [-0.39, 0.29) is 10.8 Å². The van der Waals surface area contributed by atoms with Gasteiger partial charge in [-0.1, -0.05) is 37.3 Å². The van der Waals surface area contributed by atoms with Gasteiger partial charge in [0, 0.05) is 12.7 Å². The third-order valence-corrected chi connectivity index (χ3v) is 3.63. The van der Waals surface area contributed by atoms with Gasteiger partial charge < -0.3 is 10.4 Å². The number of aliphatic hydroxyl groups is 1. The van der Waals surface area contributed by atoms with Crippen molar-refractivity contribution in [1.82, 2.24) is 4.98 Å². The van der Waals surface area contributed by atoms with Crippen LogP contribution in [0.1, 0.15) is 38.5 Å². The van der Waals surface area contributed by atoms with Crippen LogP contribution in [0.3, 0.4) is 0 Å². The number of pyridine rings is 1. The predicted octanol–water partition coefficient (Wildman–Crippen LogP) is 3.37. The van der Waals surface area contributed by atoms with E-state index in [4.69, 9.17) is 11.6 Å². The van der Waals surface area contributed by atoms with E-state index in [0.717, 1.165) is 38.5 Å². The summed E-state index contributed by atoms with van der Waals surface area (Å²) >= 11 is 5.64. The number of halogens is 2. The quantitative estimate of drug-likeness (QED) is 0.829. The molecule has 18 heavy (non-hydrogen) atoms. The molecule has 1 fully saturated rings. The van der Waals surface area contributed by atoms with Crippen LogP contribution < -0.4 is 5.32 Å². The highest BCUT2D eigenvalue weighted by Gasteiger charge is 2.28. The molecule has 1 aliphatic rings. The number of hydrogen-bond donors (Lipinski definition) is 2. The van der Waals surface area contributed by atoms with Crippen molar-refractivity contribution in [2.24, 2.45) is 0 Å². The fourth-order valence-corrected chi connectivity index (χ4v) is 2.50. The number of nitrogens with one attached hydrogen (secondary N) is 1. The molecule has 2 rings (SSSR count). The average molecular weight is 273 g/mol. The van der Waals surface area contributed by atoms with Crippen LogP contribution in [0.5, 0.6) is 0 Å². The first-order chi connectivity index (χ1) is 8.59. The molecule has 3 nitrogen and oxygen atoms in total. The van der Waals surface area contributed by atoms with E-state index in [1.165, 1.54) is 12.3 Å². The lowest BCUT2D eigenvalue weighted by molar-refractivity contribution is 0.0380. The largest absolute Gasteiger partial charge is 0.388 e. The maximum absolute atomic E-state index is 13.5. The summed E-state index contributed by atoms with van der Waals surface area (Å²) in [4.78, 5) is 3.89. The van der Waals surface area contributed by atoms with Crippen molar-refractivity contribution in [2.75, 3.05) is 11.9 Å². The van der Waals surface area contributed by atoms with E-state index in [9.17, 15) is 9.50 Å². The summed E-state index contributed by atoms with van der Waals surface area (Å²) in [7, 11) is 0. The highest BCUT2D eigenvalue weighted by Crippen LogP contribution is 2.27. The number of aromatic nitrogens is 1. The Kier molecular flexibility index (Phi) is 4.40. The van der Waals surface area contributed by atoms with E-state index in [1.807, 2.05) is 0 Å². The van der Waals surface area contributed by atoms with E-state index < -0.39 is 11.4 Å². The lowest BCUT2D eigenvalue weighted by Crippen LogP contribution is -2.36. The minimum Gasteiger partial charge on any atom is -0.388 e. The van der Waals surface area contributed by atoms with Gasteiger partial charge in [-0.3, -0.25) is 0 Å². The van der Waals surface area contributed by atoms with Gasteiger partial charge >= 0.3 is 0 Å². The maximum Gasteiger partial charge on any atom is 0.166 e. The van der Waals surface area contributed by atoms with Crippen LogP contribution in [0.2, 0.25) is 5.02 Å². The van der Waals surface area contributed by atoms with Crippen LogP contribution in [0.25, 0.3) is 0 Å². The van der Waals surface area contributed by atoms with Crippen LogP contribution in [-0.2, 0) is 0 Å². The highest BCUT2D eigenvalue weighted by atomic mass is 35.5. The number of nitrogens with zero attached hydrogens (tertiary/aromatic N) is 1. The molecule has 0 aromatic carbocycles. The summed E-state index contributed by atoms with van der Waals surface area (Å²) < 4.78 is 13.5. The Morgan fingerprint density at radius 2 is 2.00 bits per heavy atom. The summed E-state index contributed by atoms with van der Waals surface area (Å²) in [5.74, 6) is -0.336. The van der Waals surface area contributed by atoms with Crippen LogP contribution in [0.15, 0.2) is 12.3 Å². The Hall–Kier alpha value is -0.870. The monoisotopic (exact) mass is 272 g/mol. The minimum atomic E-state index is -0.746. The lowest BCUT2D eigenvalue weighted by Gasteiger charge is -2.27.